The Kier molecular flexibility index (Phi) is 4.75. The second-order valence-electron chi connectivity index (χ2n) is 5.67. The Morgan fingerprint density at radius 2 is 1.70 bits per heavy atom. The highest BCUT2D eigenvalue weighted by Crippen LogP contribution is 2.21. The molecule has 0 fully saturated rings. The standard InChI is InChI=1S/C19H23N/c1-4-14-19(3,18-12-10-16(2)11-13-18)20-15-17-8-6-5-7-9-17/h4-13,20H,1,14-15H2,2-3H3/p+1/t19-/m1/s1. The summed E-state index contributed by atoms with van der Waals surface area (Å²) in [7, 11) is 0. The molecule has 0 heterocycles. The smallest absolute Gasteiger partial charge is 0.123 e. The number of hydrogen-bond donors (Lipinski definition) is 1. The van der Waals surface area contributed by atoms with E-state index in [1.54, 1.807) is 0 Å². The van der Waals surface area contributed by atoms with Crippen LogP contribution in [0.3, 0.4) is 0 Å². The zero-order valence-electron chi connectivity index (χ0n) is 12.5. The van der Waals surface area contributed by atoms with Gasteiger partial charge in [-0.1, -0.05) is 66.2 Å². The second kappa shape index (κ2) is 6.53. The van der Waals surface area contributed by atoms with E-state index in [0.717, 1.165) is 13.0 Å². The summed E-state index contributed by atoms with van der Waals surface area (Å²) in [4.78, 5) is 0. The molecule has 2 N–H and O–H groups in total. The van der Waals surface area contributed by atoms with Crippen molar-refractivity contribution in [3.63, 3.8) is 0 Å². The van der Waals surface area contributed by atoms with Gasteiger partial charge in [0, 0.05) is 17.5 Å². The number of benzene rings is 2. The number of hydrogen-bond acceptors (Lipinski definition) is 0. The van der Waals surface area contributed by atoms with Crippen LogP contribution in [0, 0.1) is 6.92 Å². The molecule has 104 valence electrons. The SMILES string of the molecule is C=CC[C@@](C)([NH2+]Cc1ccccc1)c1ccc(C)cc1. The van der Waals surface area contributed by atoms with Crippen molar-refractivity contribution in [1.82, 2.24) is 0 Å². The molecule has 2 rings (SSSR count). The van der Waals surface area contributed by atoms with Crippen LogP contribution in [-0.2, 0) is 12.1 Å². The molecule has 2 aromatic carbocycles. The average Bonchev–Trinajstić information content (AvgIpc) is 2.47. The van der Waals surface area contributed by atoms with E-state index in [2.05, 4.69) is 80.3 Å². The van der Waals surface area contributed by atoms with E-state index in [1.165, 1.54) is 16.7 Å². The Morgan fingerprint density at radius 1 is 1.05 bits per heavy atom. The lowest BCUT2D eigenvalue weighted by atomic mass is 9.88. The van der Waals surface area contributed by atoms with E-state index in [-0.39, 0.29) is 5.54 Å². The third-order valence-corrected chi connectivity index (χ3v) is 3.91. The van der Waals surface area contributed by atoms with Crippen LogP contribution in [0.5, 0.6) is 0 Å². The molecule has 0 radical (unpaired) electrons. The van der Waals surface area contributed by atoms with Crippen LogP contribution < -0.4 is 5.32 Å². The van der Waals surface area contributed by atoms with Gasteiger partial charge in [0.2, 0.25) is 0 Å². The van der Waals surface area contributed by atoms with Gasteiger partial charge in [0.25, 0.3) is 0 Å². The summed E-state index contributed by atoms with van der Waals surface area (Å²) in [5.74, 6) is 0. The second-order valence-corrected chi connectivity index (χ2v) is 5.67. The van der Waals surface area contributed by atoms with E-state index in [0.29, 0.717) is 0 Å². The minimum Gasteiger partial charge on any atom is -0.334 e. The van der Waals surface area contributed by atoms with E-state index < -0.39 is 0 Å². The van der Waals surface area contributed by atoms with Crippen LogP contribution in [0.4, 0.5) is 0 Å². The third-order valence-electron chi connectivity index (χ3n) is 3.91. The zero-order valence-corrected chi connectivity index (χ0v) is 12.5. The highest BCUT2D eigenvalue weighted by molar-refractivity contribution is 5.26. The molecule has 0 aromatic heterocycles. The number of rotatable bonds is 6. The molecular formula is C19H24N+. The minimum absolute atomic E-state index is 0.0469. The zero-order chi connectivity index (χ0) is 14.4. The predicted octanol–water partition coefficient (Wildman–Crippen LogP) is 3.55. The molecule has 0 spiro atoms. The molecule has 0 bridgehead atoms. The summed E-state index contributed by atoms with van der Waals surface area (Å²) in [6.45, 7) is 9.33. The van der Waals surface area contributed by atoms with Crippen molar-refractivity contribution in [2.24, 2.45) is 0 Å². The van der Waals surface area contributed by atoms with Gasteiger partial charge in [-0.2, -0.15) is 0 Å². The van der Waals surface area contributed by atoms with Crippen molar-refractivity contribution < 1.29 is 5.32 Å². The maximum Gasteiger partial charge on any atom is 0.123 e. The predicted molar refractivity (Wildman–Crippen MR) is 85.4 cm³/mol. The first-order valence-corrected chi connectivity index (χ1v) is 7.20. The molecule has 0 amide bonds. The van der Waals surface area contributed by atoms with Gasteiger partial charge in [-0.05, 0) is 13.8 Å². The van der Waals surface area contributed by atoms with Crippen molar-refractivity contribution in [2.75, 3.05) is 0 Å². The lowest BCUT2D eigenvalue weighted by molar-refractivity contribution is -0.747. The highest BCUT2D eigenvalue weighted by Gasteiger charge is 2.28. The molecule has 1 heteroatoms. The number of quaternary nitrogens is 1. The van der Waals surface area contributed by atoms with Crippen molar-refractivity contribution in [3.05, 3.63) is 83.9 Å². The van der Waals surface area contributed by atoms with Crippen molar-refractivity contribution in [1.29, 1.82) is 0 Å². The van der Waals surface area contributed by atoms with Gasteiger partial charge in [0.15, 0.2) is 0 Å². The normalized spacial score (nSPS) is 13.7. The molecule has 0 aliphatic rings. The minimum atomic E-state index is 0.0469. The Balaban J connectivity index is 2.16. The van der Waals surface area contributed by atoms with Gasteiger partial charge >= 0.3 is 0 Å². The molecule has 0 unspecified atom stereocenters. The fraction of sp³-hybridized carbons (Fsp3) is 0.263. The highest BCUT2D eigenvalue weighted by atomic mass is 15.0. The number of aryl methyl sites for hydroxylation is 1. The van der Waals surface area contributed by atoms with Crippen LogP contribution in [-0.4, -0.2) is 0 Å². The maximum atomic E-state index is 3.92. The van der Waals surface area contributed by atoms with E-state index in [1.807, 2.05) is 6.08 Å². The van der Waals surface area contributed by atoms with Gasteiger partial charge in [-0.3, -0.25) is 0 Å². The molecular weight excluding hydrogens is 242 g/mol. The molecule has 0 saturated carbocycles. The van der Waals surface area contributed by atoms with E-state index >= 15 is 0 Å². The van der Waals surface area contributed by atoms with Crippen LogP contribution >= 0.6 is 0 Å². The van der Waals surface area contributed by atoms with Crippen LogP contribution in [0.1, 0.15) is 30.0 Å². The van der Waals surface area contributed by atoms with Crippen molar-refractivity contribution >= 4 is 0 Å². The molecule has 0 aliphatic carbocycles. The van der Waals surface area contributed by atoms with Gasteiger partial charge in [0.1, 0.15) is 12.1 Å². The first kappa shape index (κ1) is 14.5. The maximum absolute atomic E-state index is 3.92. The lowest BCUT2D eigenvalue weighted by Crippen LogP contribution is -2.92. The Morgan fingerprint density at radius 3 is 2.30 bits per heavy atom. The van der Waals surface area contributed by atoms with E-state index in [9.17, 15) is 0 Å². The first-order chi connectivity index (χ1) is 9.64. The Labute approximate surface area is 122 Å². The fourth-order valence-corrected chi connectivity index (χ4v) is 2.51. The van der Waals surface area contributed by atoms with Gasteiger partial charge in [-0.15, -0.1) is 6.58 Å². The molecule has 0 saturated heterocycles. The van der Waals surface area contributed by atoms with Gasteiger partial charge in [-0.25, -0.2) is 0 Å². The quantitative estimate of drug-likeness (QED) is 0.770. The molecule has 0 aliphatic heterocycles. The van der Waals surface area contributed by atoms with Gasteiger partial charge < -0.3 is 5.32 Å². The van der Waals surface area contributed by atoms with Crippen LogP contribution in [0.15, 0.2) is 67.3 Å². The number of nitrogens with two attached hydrogens (primary N) is 1. The summed E-state index contributed by atoms with van der Waals surface area (Å²) < 4.78 is 0. The Hall–Kier alpha value is -1.86. The largest absolute Gasteiger partial charge is 0.334 e. The molecule has 1 nitrogen and oxygen atoms in total. The fourth-order valence-electron chi connectivity index (χ4n) is 2.51. The summed E-state index contributed by atoms with van der Waals surface area (Å²) >= 11 is 0. The third kappa shape index (κ3) is 3.58. The average molecular weight is 266 g/mol. The van der Waals surface area contributed by atoms with Crippen LogP contribution in [0.25, 0.3) is 0 Å². The summed E-state index contributed by atoms with van der Waals surface area (Å²) in [5.41, 5.74) is 4.07. The summed E-state index contributed by atoms with van der Waals surface area (Å²) in [5, 5.41) is 2.41. The first-order valence-electron chi connectivity index (χ1n) is 7.20. The Bertz CT molecular complexity index is 542. The van der Waals surface area contributed by atoms with Gasteiger partial charge in [0.05, 0.1) is 0 Å². The van der Waals surface area contributed by atoms with Crippen LogP contribution in [0.2, 0.25) is 0 Å². The van der Waals surface area contributed by atoms with Crippen molar-refractivity contribution in [3.8, 4) is 0 Å². The molecule has 2 aromatic rings. The van der Waals surface area contributed by atoms with E-state index in [4.69, 9.17) is 0 Å². The summed E-state index contributed by atoms with van der Waals surface area (Å²) in [6, 6.07) is 19.5. The monoisotopic (exact) mass is 266 g/mol. The molecule has 1 atom stereocenters. The topological polar surface area (TPSA) is 16.6 Å². The van der Waals surface area contributed by atoms with Crippen molar-refractivity contribution in [2.45, 2.75) is 32.4 Å². The summed E-state index contributed by atoms with van der Waals surface area (Å²) in [6.07, 6.45) is 2.98. The molecule has 20 heavy (non-hydrogen) atoms. The lowest BCUT2D eigenvalue weighted by Gasteiger charge is -2.27.